The van der Waals surface area contributed by atoms with E-state index in [4.69, 9.17) is 14.2 Å². The van der Waals surface area contributed by atoms with Gasteiger partial charge in [-0.1, -0.05) is 30.3 Å². The van der Waals surface area contributed by atoms with E-state index in [1.165, 1.54) is 37.4 Å². The highest BCUT2D eigenvalue weighted by Crippen LogP contribution is 2.32. The summed E-state index contributed by atoms with van der Waals surface area (Å²) in [4.78, 5) is -0.199. The van der Waals surface area contributed by atoms with Gasteiger partial charge >= 0.3 is 10.1 Å². The van der Waals surface area contributed by atoms with Crippen molar-refractivity contribution in [2.24, 2.45) is 0 Å². The standard InChI is InChI=1S/C26H28N2O7S2/c1-26(2,3)28-36(30,31)24-8-6-5-7-21(24)20-11-10-19(22(29)16-20)13-14-35-37(32,33)25-15-18(17-27)9-12-23(25)34-4/h5-12,15-16,28-29H,13-14H2,1-4H3. The van der Waals surface area contributed by atoms with Gasteiger partial charge in [-0.2, -0.15) is 13.7 Å². The molecule has 2 N–H and O–H groups in total. The first-order valence-corrected chi connectivity index (χ1v) is 14.1. The summed E-state index contributed by atoms with van der Waals surface area (Å²) in [5, 5.41) is 19.7. The molecule has 0 atom stereocenters. The Morgan fingerprint density at radius 1 is 0.973 bits per heavy atom. The van der Waals surface area contributed by atoms with Crippen molar-refractivity contribution in [1.29, 1.82) is 5.26 Å². The molecule has 0 unspecified atom stereocenters. The molecule has 0 fully saturated rings. The molecule has 0 aliphatic heterocycles. The lowest BCUT2D eigenvalue weighted by atomic mass is 10.0. The first kappa shape index (κ1) is 28.1. The van der Waals surface area contributed by atoms with E-state index in [1.807, 2.05) is 6.07 Å². The van der Waals surface area contributed by atoms with Crippen LogP contribution in [0.25, 0.3) is 11.1 Å². The first-order valence-electron chi connectivity index (χ1n) is 11.2. The molecule has 37 heavy (non-hydrogen) atoms. The van der Waals surface area contributed by atoms with Crippen molar-refractivity contribution in [3.63, 3.8) is 0 Å². The van der Waals surface area contributed by atoms with E-state index in [-0.39, 0.29) is 39.9 Å². The molecular weight excluding hydrogens is 516 g/mol. The fourth-order valence-corrected chi connectivity index (χ4v) is 6.35. The van der Waals surface area contributed by atoms with Crippen molar-refractivity contribution >= 4 is 20.1 Å². The predicted molar refractivity (Wildman–Crippen MR) is 138 cm³/mol. The number of ether oxygens (including phenoxy) is 1. The molecule has 0 aliphatic carbocycles. The number of phenols is 1. The minimum Gasteiger partial charge on any atom is -0.508 e. The van der Waals surface area contributed by atoms with Crippen molar-refractivity contribution in [2.75, 3.05) is 13.7 Å². The van der Waals surface area contributed by atoms with Gasteiger partial charge in [0, 0.05) is 17.5 Å². The zero-order chi connectivity index (χ0) is 27.4. The maximum atomic E-state index is 13.0. The average molecular weight is 545 g/mol. The lowest BCUT2D eigenvalue weighted by Crippen LogP contribution is -2.40. The molecule has 9 nitrogen and oxygen atoms in total. The topological polar surface area (TPSA) is 143 Å². The van der Waals surface area contributed by atoms with Crippen molar-refractivity contribution in [1.82, 2.24) is 4.72 Å². The van der Waals surface area contributed by atoms with E-state index < -0.39 is 25.7 Å². The Balaban J connectivity index is 1.81. The molecule has 3 rings (SSSR count). The summed E-state index contributed by atoms with van der Waals surface area (Å²) in [6.45, 7) is 4.95. The second kappa shape index (κ2) is 10.9. The van der Waals surface area contributed by atoms with E-state index >= 15 is 0 Å². The van der Waals surface area contributed by atoms with Crippen LogP contribution < -0.4 is 9.46 Å². The zero-order valence-electron chi connectivity index (χ0n) is 20.8. The predicted octanol–water partition coefficient (Wildman–Crippen LogP) is 3.96. The van der Waals surface area contributed by atoms with E-state index in [9.17, 15) is 21.9 Å². The number of nitrogens with zero attached hydrogens (tertiary/aromatic N) is 1. The Morgan fingerprint density at radius 2 is 1.68 bits per heavy atom. The lowest BCUT2D eigenvalue weighted by Gasteiger charge is -2.21. The summed E-state index contributed by atoms with van der Waals surface area (Å²) < 4.78 is 64.1. The smallest absolute Gasteiger partial charge is 0.300 e. The van der Waals surface area contributed by atoms with Crippen LogP contribution in [0, 0.1) is 11.3 Å². The number of benzene rings is 3. The minimum atomic E-state index is -4.24. The van der Waals surface area contributed by atoms with E-state index in [0.717, 1.165) is 0 Å². The quantitative estimate of drug-likeness (QED) is 0.385. The summed E-state index contributed by atoms with van der Waals surface area (Å²) in [5.74, 6) is -0.0979. The van der Waals surface area contributed by atoms with Gasteiger partial charge in [0.1, 0.15) is 16.4 Å². The fourth-order valence-electron chi connectivity index (χ4n) is 3.61. The molecule has 0 aromatic heterocycles. The van der Waals surface area contributed by atoms with Gasteiger partial charge in [-0.05, 0) is 62.2 Å². The molecule has 0 saturated carbocycles. The lowest BCUT2D eigenvalue weighted by molar-refractivity contribution is 0.316. The molecule has 0 bridgehead atoms. The largest absolute Gasteiger partial charge is 0.508 e. The van der Waals surface area contributed by atoms with Crippen LogP contribution in [0.2, 0.25) is 0 Å². The van der Waals surface area contributed by atoms with Crippen LogP contribution in [0.1, 0.15) is 31.9 Å². The monoisotopic (exact) mass is 544 g/mol. The highest BCUT2D eigenvalue weighted by atomic mass is 32.2. The Labute approximate surface area is 217 Å². The van der Waals surface area contributed by atoms with Crippen molar-refractivity contribution < 1.29 is 30.9 Å². The number of methoxy groups -OCH3 is 1. The van der Waals surface area contributed by atoms with Gasteiger partial charge in [-0.3, -0.25) is 4.18 Å². The highest BCUT2D eigenvalue weighted by Gasteiger charge is 2.25. The van der Waals surface area contributed by atoms with Gasteiger partial charge in [0.25, 0.3) is 0 Å². The first-order chi connectivity index (χ1) is 17.3. The van der Waals surface area contributed by atoms with Gasteiger partial charge in [0.05, 0.1) is 30.2 Å². The van der Waals surface area contributed by atoms with Crippen LogP contribution in [-0.4, -0.2) is 41.2 Å². The maximum absolute atomic E-state index is 13.0. The van der Waals surface area contributed by atoms with Crippen LogP contribution in [0.5, 0.6) is 11.5 Å². The number of sulfonamides is 1. The highest BCUT2D eigenvalue weighted by molar-refractivity contribution is 7.89. The second-order valence-electron chi connectivity index (χ2n) is 9.20. The number of nitrogens with one attached hydrogen (secondary N) is 1. The normalized spacial score (nSPS) is 12.2. The van der Waals surface area contributed by atoms with Crippen LogP contribution in [-0.2, 0) is 30.7 Å². The third kappa shape index (κ3) is 6.87. The van der Waals surface area contributed by atoms with Gasteiger partial charge in [-0.25, -0.2) is 13.1 Å². The molecule has 0 heterocycles. The van der Waals surface area contributed by atoms with E-state index in [1.54, 1.807) is 51.1 Å². The summed E-state index contributed by atoms with van der Waals surface area (Å²) in [6.07, 6.45) is 0.0527. The van der Waals surface area contributed by atoms with E-state index in [0.29, 0.717) is 16.7 Å². The fraction of sp³-hybridized carbons (Fsp3) is 0.269. The van der Waals surface area contributed by atoms with Crippen LogP contribution in [0.15, 0.2) is 70.5 Å². The van der Waals surface area contributed by atoms with Gasteiger partial charge in [-0.15, -0.1) is 0 Å². The molecule has 0 amide bonds. The Bertz CT molecular complexity index is 1550. The number of phenolic OH excluding ortho intramolecular Hbond substituents is 1. The number of hydrogen-bond donors (Lipinski definition) is 2. The van der Waals surface area contributed by atoms with Gasteiger partial charge in [0.2, 0.25) is 10.0 Å². The minimum absolute atomic E-state index is 0.0424. The number of hydrogen-bond acceptors (Lipinski definition) is 8. The number of rotatable bonds is 9. The van der Waals surface area contributed by atoms with Crippen LogP contribution in [0.3, 0.4) is 0 Å². The molecule has 0 radical (unpaired) electrons. The molecule has 0 saturated heterocycles. The Hall–Kier alpha value is -3.43. The molecule has 3 aromatic rings. The molecule has 196 valence electrons. The summed E-state index contributed by atoms with van der Waals surface area (Å²) in [6, 6.07) is 16.9. The van der Waals surface area contributed by atoms with Crippen molar-refractivity contribution in [2.45, 2.75) is 42.5 Å². The summed E-state index contributed by atoms with van der Waals surface area (Å²) in [5.41, 5.74) is 0.742. The average Bonchev–Trinajstić information content (AvgIpc) is 2.83. The summed E-state index contributed by atoms with van der Waals surface area (Å²) in [7, 11) is -6.77. The third-order valence-electron chi connectivity index (χ3n) is 5.19. The van der Waals surface area contributed by atoms with Crippen molar-refractivity contribution in [3.8, 4) is 28.7 Å². The second-order valence-corrected chi connectivity index (χ2v) is 12.4. The van der Waals surface area contributed by atoms with Crippen molar-refractivity contribution in [3.05, 3.63) is 71.8 Å². The van der Waals surface area contributed by atoms with E-state index in [2.05, 4.69) is 4.72 Å². The summed E-state index contributed by atoms with van der Waals surface area (Å²) >= 11 is 0. The maximum Gasteiger partial charge on any atom is 0.300 e. The molecule has 11 heteroatoms. The Kier molecular flexibility index (Phi) is 8.29. The SMILES string of the molecule is COc1ccc(C#N)cc1S(=O)(=O)OCCc1ccc(-c2ccccc2S(=O)(=O)NC(C)(C)C)cc1O. The molecule has 0 spiro atoms. The Morgan fingerprint density at radius 3 is 2.30 bits per heavy atom. The molecule has 0 aliphatic rings. The number of aromatic hydroxyl groups is 1. The number of nitriles is 1. The zero-order valence-corrected chi connectivity index (χ0v) is 22.5. The van der Waals surface area contributed by atoms with Crippen LogP contribution in [0.4, 0.5) is 0 Å². The molecule has 3 aromatic carbocycles. The van der Waals surface area contributed by atoms with Crippen LogP contribution >= 0.6 is 0 Å². The third-order valence-corrected chi connectivity index (χ3v) is 8.34. The van der Waals surface area contributed by atoms with Gasteiger partial charge < -0.3 is 9.84 Å². The van der Waals surface area contributed by atoms with Gasteiger partial charge in [0.15, 0.2) is 0 Å². The molecular formula is C26H28N2O7S2.